The molecule has 0 saturated carbocycles. The molecular weight excluding hydrogens is 546 g/mol. The van der Waals surface area contributed by atoms with Gasteiger partial charge in [0.15, 0.2) is 23.0 Å². The van der Waals surface area contributed by atoms with Gasteiger partial charge in [-0.15, -0.1) is 0 Å². The van der Waals surface area contributed by atoms with Crippen molar-refractivity contribution in [1.29, 1.82) is 0 Å². The van der Waals surface area contributed by atoms with Gasteiger partial charge >= 0.3 is 0 Å². The zero-order valence-electron chi connectivity index (χ0n) is 22.6. The summed E-state index contributed by atoms with van der Waals surface area (Å²) in [6.45, 7) is 0. The van der Waals surface area contributed by atoms with E-state index in [0.29, 0.717) is 57.8 Å². The molecule has 16 heteroatoms. The lowest BCUT2D eigenvalue weighted by molar-refractivity contribution is 0.324. The fraction of sp³-hybridized carbons (Fsp3) is 0.250. The zero-order valence-corrected chi connectivity index (χ0v) is 23.3. The van der Waals surface area contributed by atoms with E-state index < -0.39 is 0 Å². The van der Waals surface area contributed by atoms with E-state index in [1.54, 1.807) is 66.9 Å². The molecule has 2 aromatic carbocycles. The maximum atomic E-state index is 5.70. The second-order valence-corrected chi connectivity index (χ2v) is 7.66. The molecule has 4 N–H and O–H groups in total. The molecular formula is C24H28ClN9O6. The number of nitrogens with zero attached hydrogens (tertiary/aromatic N) is 6. The summed E-state index contributed by atoms with van der Waals surface area (Å²) < 4.78 is 31.5. The Morgan fingerprint density at radius 2 is 0.975 bits per heavy atom. The average molecular weight is 574 g/mol. The summed E-state index contributed by atoms with van der Waals surface area (Å²) >= 11 is 5.70. The van der Waals surface area contributed by atoms with Crippen LogP contribution >= 0.6 is 11.6 Å². The number of anilines is 5. The molecule has 0 aliphatic carbocycles. The normalized spacial score (nSPS) is 9.97. The third-order valence-corrected chi connectivity index (χ3v) is 5.16. The lowest BCUT2D eigenvalue weighted by atomic mass is 10.2. The van der Waals surface area contributed by atoms with Crippen molar-refractivity contribution in [2.75, 3.05) is 59.0 Å². The first-order chi connectivity index (χ1) is 19.3. The van der Waals surface area contributed by atoms with Crippen LogP contribution < -0.4 is 44.8 Å². The molecule has 0 amide bonds. The molecule has 0 bridgehead atoms. The second kappa shape index (κ2) is 14.2. The van der Waals surface area contributed by atoms with Gasteiger partial charge in [0.25, 0.3) is 0 Å². The van der Waals surface area contributed by atoms with Crippen LogP contribution in [0.2, 0.25) is 5.28 Å². The number of nitrogens with two attached hydrogens (primary N) is 1. The Hall–Kier alpha value is -5.05. The number of halogens is 1. The largest absolute Gasteiger partial charge is 0.493 e. The van der Waals surface area contributed by atoms with E-state index in [2.05, 4.69) is 40.5 Å². The highest BCUT2D eigenvalue weighted by Gasteiger charge is 2.15. The van der Waals surface area contributed by atoms with Crippen molar-refractivity contribution in [1.82, 2.24) is 29.9 Å². The standard InChI is InChI=1S/C12H13ClN4O3.C12H15N5O3/c2*1-18-8-4-7(5-9(19-2)10(8)20-3)16-12-15-6-14-11(13)17-12/h4-6H,1-3H3,(H,14,15,16,17);4-6H,1-3H3,(H3,13,14,15,16,17). The highest BCUT2D eigenvalue weighted by atomic mass is 35.5. The molecule has 2 heterocycles. The van der Waals surface area contributed by atoms with Gasteiger partial charge in [-0.2, -0.15) is 9.97 Å². The quantitative estimate of drug-likeness (QED) is 0.250. The third-order valence-electron chi connectivity index (χ3n) is 4.97. The Morgan fingerprint density at radius 1 is 0.575 bits per heavy atom. The minimum atomic E-state index is 0.106. The van der Waals surface area contributed by atoms with E-state index in [1.165, 1.54) is 12.7 Å². The van der Waals surface area contributed by atoms with Crippen molar-refractivity contribution in [2.45, 2.75) is 0 Å². The van der Waals surface area contributed by atoms with Gasteiger partial charge in [-0.1, -0.05) is 0 Å². The van der Waals surface area contributed by atoms with Crippen LogP contribution in [0.15, 0.2) is 36.9 Å². The molecule has 15 nitrogen and oxygen atoms in total. The maximum absolute atomic E-state index is 5.70. The monoisotopic (exact) mass is 573 g/mol. The third kappa shape index (κ3) is 7.50. The number of nitrogens with one attached hydrogen (secondary N) is 2. The zero-order chi connectivity index (χ0) is 29.1. The van der Waals surface area contributed by atoms with Crippen molar-refractivity contribution in [2.24, 2.45) is 0 Å². The van der Waals surface area contributed by atoms with E-state index in [0.717, 1.165) is 0 Å². The number of hydrogen-bond acceptors (Lipinski definition) is 15. The van der Waals surface area contributed by atoms with Gasteiger partial charge in [0, 0.05) is 35.6 Å². The molecule has 0 fully saturated rings. The van der Waals surface area contributed by atoms with Gasteiger partial charge < -0.3 is 44.8 Å². The molecule has 0 spiro atoms. The number of nitrogen functional groups attached to an aromatic ring is 1. The summed E-state index contributed by atoms with van der Waals surface area (Å²) in [6.07, 6.45) is 2.64. The Kier molecular flexibility index (Phi) is 10.5. The van der Waals surface area contributed by atoms with E-state index in [4.69, 9.17) is 45.8 Å². The Labute approximate surface area is 235 Å². The molecule has 2 aromatic heterocycles. The smallest absolute Gasteiger partial charge is 0.231 e. The van der Waals surface area contributed by atoms with E-state index >= 15 is 0 Å². The molecule has 0 radical (unpaired) electrons. The molecule has 0 unspecified atom stereocenters. The Bertz CT molecular complexity index is 1270. The van der Waals surface area contributed by atoms with Crippen molar-refractivity contribution in [3.63, 3.8) is 0 Å². The van der Waals surface area contributed by atoms with Crippen molar-refractivity contribution < 1.29 is 28.4 Å². The summed E-state index contributed by atoms with van der Waals surface area (Å²) in [5.41, 5.74) is 6.84. The number of benzene rings is 2. The molecule has 0 saturated heterocycles. The summed E-state index contributed by atoms with van der Waals surface area (Å²) in [4.78, 5) is 23.2. The number of methoxy groups -OCH3 is 6. The van der Waals surface area contributed by atoms with Gasteiger partial charge in [-0.25, -0.2) is 19.9 Å². The average Bonchev–Trinajstić information content (AvgIpc) is 2.96. The number of ether oxygens (including phenoxy) is 6. The van der Waals surface area contributed by atoms with Crippen LogP contribution in [0.5, 0.6) is 34.5 Å². The van der Waals surface area contributed by atoms with Crippen LogP contribution in [0.1, 0.15) is 0 Å². The van der Waals surface area contributed by atoms with Crippen molar-refractivity contribution >= 4 is 40.8 Å². The minimum Gasteiger partial charge on any atom is -0.493 e. The van der Waals surface area contributed by atoms with Crippen molar-refractivity contribution in [3.8, 4) is 34.5 Å². The van der Waals surface area contributed by atoms with Gasteiger partial charge in [0.05, 0.1) is 42.7 Å². The van der Waals surface area contributed by atoms with E-state index in [-0.39, 0.29) is 11.2 Å². The fourth-order valence-electron chi connectivity index (χ4n) is 3.27. The molecule has 4 aromatic rings. The predicted octanol–water partition coefficient (Wildman–Crippen LogP) is 3.52. The van der Waals surface area contributed by atoms with Crippen molar-refractivity contribution in [3.05, 3.63) is 42.2 Å². The van der Waals surface area contributed by atoms with Gasteiger partial charge in [0.1, 0.15) is 12.7 Å². The van der Waals surface area contributed by atoms with Crippen LogP contribution in [-0.4, -0.2) is 72.6 Å². The van der Waals surface area contributed by atoms with Crippen LogP contribution in [0, 0.1) is 0 Å². The summed E-state index contributed by atoms with van der Waals surface area (Å²) in [5, 5.41) is 6.08. The number of hydrogen-bond donors (Lipinski definition) is 3. The lowest BCUT2D eigenvalue weighted by Crippen LogP contribution is -2.03. The summed E-state index contributed by atoms with van der Waals surface area (Å²) in [6, 6.07) is 6.95. The topological polar surface area (TPSA) is 183 Å². The summed E-state index contributed by atoms with van der Waals surface area (Å²) in [5.74, 6) is 3.89. The summed E-state index contributed by atoms with van der Waals surface area (Å²) in [7, 11) is 9.26. The molecule has 40 heavy (non-hydrogen) atoms. The molecule has 0 aliphatic rings. The maximum Gasteiger partial charge on any atom is 0.231 e. The van der Waals surface area contributed by atoms with Crippen LogP contribution in [0.3, 0.4) is 0 Å². The van der Waals surface area contributed by atoms with E-state index in [1.807, 2.05) is 0 Å². The molecule has 212 valence electrons. The number of aromatic nitrogens is 6. The van der Waals surface area contributed by atoms with Crippen LogP contribution in [0.25, 0.3) is 0 Å². The molecule has 4 rings (SSSR count). The predicted molar refractivity (Wildman–Crippen MR) is 148 cm³/mol. The highest BCUT2D eigenvalue weighted by molar-refractivity contribution is 6.28. The second-order valence-electron chi connectivity index (χ2n) is 7.32. The molecule has 0 atom stereocenters. The SMILES string of the molecule is COc1cc(Nc2ncnc(Cl)n2)cc(OC)c1OC.COc1cc(Nc2ncnc(N)n2)cc(OC)c1OC. The lowest BCUT2D eigenvalue weighted by Gasteiger charge is -2.14. The van der Waals surface area contributed by atoms with Gasteiger partial charge in [0.2, 0.25) is 34.6 Å². The van der Waals surface area contributed by atoms with Crippen LogP contribution in [-0.2, 0) is 0 Å². The van der Waals surface area contributed by atoms with Gasteiger partial charge in [-0.05, 0) is 11.6 Å². The first kappa shape index (κ1) is 29.5. The highest BCUT2D eigenvalue weighted by Crippen LogP contribution is 2.41. The van der Waals surface area contributed by atoms with Gasteiger partial charge in [-0.3, -0.25) is 0 Å². The Balaban J connectivity index is 0.000000220. The minimum absolute atomic E-state index is 0.106. The van der Waals surface area contributed by atoms with Crippen LogP contribution in [0.4, 0.5) is 29.2 Å². The number of rotatable bonds is 10. The fourth-order valence-corrected chi connectivity index (χ4v) is 3.39. The first-order valence-electron chi connectivity index (χ1n) is 11.3. The molecule has 0 aliphatic heterocycles. The Morgan fingerprint density at radius 3 is 1.32 bits per heavy atom. The van der Waals surface area contributed by atoms with E-state index in [9.17, 15) is 0 Å². The first-order valence-corrected chi connectivity index (χ1v) is 11.7.